The fourth-order valence-electron chi connectivity index (χ4n) is 1.22. The fourth-order valence-corrected chi connectivity index (χ4v) is 1.22. The standard InChI is InChI=1S/C11H10F2O5/c1-3-18-11(16)9(14)5-4-6(17-2)8(13)10(15)7(5)12/h4,15H,3H2,1-2H3. The minimum Gasteiger partial charge on any atom is -0.503 e. The Morgan fingerprint density at radius 2 is 1.94 bits per heavy atom. The highest BCUT2D eigenvalue weighted by Gasteiger charge is 2.27. The van der Waals surface area contributed by atoms with Crippen LogP contribution in [0.3, 0.4) is 0 Å². The van der Waals surface area contributed by atoms with Gasteiger partial charge in [0.2, 0.25) is 5.82 Å². The molecule has 0 bridgehead atoms. The second-order valence-electron chi connectivity index (χ2n) is 3.15. The molecule has 18 heavy (non-hydrogen) atoms. The average Bonchev–Trinajstić information content (AvgIpc) is 2.36. The number of esters is 1. The number of hydrogen-bond donors (Lipinski definition) is 1. The molecule has 0 heterocycles. The summed E-state index contributed by atoms with van der Waals surface area (Å²) in [7, 11) is 1.06. The molecule has 5 nitrogen and oxygen atoms in total. The fraction of sp³-hybridized carbons (Fsp3) is 0.273. The van der Waals surface area contributed by atoms with Crippen molar-refractivity contribution in [3.05, 3.63) is 23.3 Å². The molecule has 0 aromatic heterocycles. The van der Waals surface area contributed by atoms with Crippen LogP contribution < -0.4 is 4.74 Å². The maximum absolute atomic E-state index is 13.5. The number of methoxy groups -OCH3 is 1. The summed E-state index contributed by atoms with van der Waals surface area (Å²) in [6.45, 7) is 1.39. The summed E-state index contributed by atoms with van der Waals surface area (Å²) in [4.78, 5) is 22.6. The molecule has 0 aliphatic carbocycles. The van der Waals surface area contributed by atoms with E-state index in [0.29, 0.717) is 6.07 Å². The normalized spacial score (nSPS) is 10.0. The van der Waals surface area contributed by atoms with Gasteiger partial charge in [-0.1, -0.05) is 0 Å². The molecule has 0 radical (unpaired) electrons. The Kier molecular flexibility index (Phi) is 4.19. The lowest BCUT2D eigenvalue weighted by Crippen LogP contribution is -2.19. The van der Waals surface area contributed by atoms with Gasteiger partial charge >= 0.3 is 5.97 Å². The first-order valence-corrected chi connectivity index (χ1v) is 4.90. The van der Waals surface area contributed by atoms with Crippen LogP contribution in [0.15, 0.2) is 6.07 Å². The summed E-state index contributed by atoms with van der Waals surface area (Å²) >= 11 is 0. The van der Waals surface area contributed by atoms with Crippen molar-refractivity contribution in [3.8, 4) is 11.5 Å². The Morgan fingerprint density at radius 1 is 1.33 bits per heavy atom. The minimum atomic E-state index is -1.54. The molecule has 0 saturated carbocycles. The SMILES string of the molecule is CCOC(=O)C(=O)c1cc(OC)c(F)c(O)c1F. The molecule has 0 amide bonds. The molecule has 98 valence electrons. The van der Waals surface area contributed by atoms with Crippen molar-refractivity contribution in [2.24, 2.45) is 0 Å². The van der Waals surface area contributed by atoms with Gasteiger partial charge in [-0.25, -0.2) is 9.18 Å². The predicted octanol–water partition coefficient (Wildman–Crippen LogP) is 1.42. The van der Waals surface area contributed by atoms with Gasteiger partial charge in [0.1, 0.15) is 0 Å². The van der Waals surface area contributed by atoms with E-state index in [-0.39, 0.29) is 6.61 Å². The zero-order chi connectivity index (χ0) is 13.9. The van der Waals surface area contributed by atoms with Crippen LogP contribution in [-0.4, -0.2) is 30.6 Å². The number of carbonyl (C=O) groups excluding carboxylic acids is 2. The van der Waals surface area contributed by atoms with Gasteiger partial charge in [-0.15, -0.1) is 0 Å². The van der Waals surface area contributed by atoms with E-state index in [1.165, 1.54) is 6.92 Å². The number of rotatable bonds is 4. The van der Waals surface area contributed by atoms with Crippen molar-refractivity contribution in [2.75, 3.05) is 13.7 Å². The summed E-state index contributed by atoms with van der Waals surface area (Å²) in [6.07, 6.45) is 0. The van der Waals surface area contributed by atoms with Gasteiger partial charge in [-0.2, -0.15) is 4.39 Å². The Bertz CT molecular complexity index is 499. The first-order chi connectivity index (χ1) is 8.43. The van der Waals surface area contributed by atoms with Crippen molar-refractivity contribution < 1.29 is 33.0 Å². The number of Topliss-reactive ketones (excluding diaryl/α,β-unsaturated/α-hetero) is 1. The van der Waals surface area contributed by atoms with E-state index < -0.39 is 40.4 Å². The maximum atomic E-state index is 13.5. The van der Waals surface area contributed by atoms with Crippen molar-refractivity contribution in [2.45, 2.75) is 6.92 Å². The lowest BCUT2D eigenvalue weighted by Gasteiger charge is -2.08. The van der Waals surface area contributed by atoms with E-state index in [2.05, 4.69) is 9.47 Å². The maximum Gasteiger partial charge on any atom is 0.379 e. The van der Waals surface area contributed by atoms with Crippen LogP contribution in [-0.2, 0) is 9.53 Å². The van der Waals surface area contributed by atoms with Gasteiger partial charge in [0.05, 0.1) is 19.3 Å². The van der Waals surface area contributed by atoms with Gasteiger partial charge in [0.25, 0.3) is 5.78 Å². The molecule has 1 aromatic carbocycles. The molecule has 0 fully saturated rings. The zero-order valence-corrected chi connectivity index (χ0v) is 9.62. The van der Waals surface area contributed by atoms with E-state index >= 15 is 0 Å². The average molecular weight is 260 g/mol. The van der Waals surface area contributed by atoms with Gasteiger partial charge < -0.3 is 14.6 Å². The van der Waals surface area contributed by atoms with E-state index in [1.54, 1.807) is 0 Å². The smallest absolute Gasteiger partial charge is 0.379 e. The first kappa shape index (κ1) is 13.9. The molecular formula is C11H10F2O5. The van der Waals surface area contributed by atoms with Crippen LogP contribution in [0, 0.1) is 11.6 Å². The monoisotopic (exact) mass is 260 g/mol. The molecule has 0 aliphatic rings. The molecule has 0 atom stereocenters. The highest BCUT2D eigenvalue weighted by Crippen LogP contribution is 2.31. The number of ketones is 1. The number of carbonyl (C=O) groups is 2. The lowest BCUT2D eigenvalue weighted by molar-refractivity contribution is -0.137. The van der Waals surface area contributed by atoms with E-state index in [9.17, 15) is 18.4 Å². The van der Waals surface area contributed by atoms with Crippen molar-refractivity contribution in [1.29, 1.82) is 0 Å². The number of phenolic OH excluding ortho intramolecular Hbond substituents is 1. The number of hydrogen-bond acceptors (Lipinski definition) is 5. The van der Waals surface area contributed by atoms with E-state index in [0.717, 1.165) is 7.11 Å². The van der Waals surface area contributed by atoms with Crippen LogP contribution in [0.25, 0.3) is 0 Å². The van der Waals surface area contributed by atoms with Crippen LogP contribution >= 0.6 is 0 Å². The predicted molar refractivity (Wildman–Crippen MR) is 55.5 cm³/mol. The third-order valence-corrected chi connectivity index (χ3v) is 2.07. The molecule has 1 aromatic rings. The zero-order valence-electron chi connectivity index (χ0n) is 9.62. The largest absolute Gasteiger partial charge is 0.503 e. The highest BCUT2D eigenvalue weighted by atomic mass is 19.1. The summed E-state index contributed by atoms with van der Waals surface area (Å²) in [5.41, 5.74) is -0.816. The number of aromatic hydroxyl groups is 1. The molecule has 0 aliphatic heterocycles. The molecule has 1 rings (SSSR count). The highest BCUT2D eigenvalue weighted by molar-refractivity contribution is 6.40. The molecule has 7 heteroatoms. The number of ether oxygens (including phenoxy) is 2. The number of benzene rings is 1. The number of phenols is 1. The summed E-state index contributed by atoms with van der Waals surface area (Å²) in [5.74, 6) is -7.46. The Morgan fingerprint density at radius 3 is 2.44 bits per heavy atom. The summed E-state index contributed by atoms with van der Waals surface area (Å²) in [6, 6.07) is 0.684. The van der Waals surface area contributed by atoms with Crippen LogP contribution in [0.2, 0.25) is 0 Å². The van der Waals surface area contributed by atoms with E-state index in [1.807, 2.05) is 0 Å². The number of halogens is 2. The van der Waals surface area contributed by atoms with Gasteiger partial charge in [-0.05, 0) is 13.0 Å². The van der Waals surface area contributed by atoms with Gasteiger partial charge in [-0.3, -0.25) is 4.79 Å². The molecule has 0 spiro atoms. The van der Waals surface area contributed by atoms with Gasteiger partial charge in [0, 0.05) is 0 Å². The van der Waals surface area contributed by atoms with Crippen molar-refractivity contribution in [3.63, 3.8) is 0 Å². The van der Waals surface area contributed by atoms with Crippen molar-refractivity contribution >= 4 is 11.8 Å². The Balaban J connectivity index is 3.29. The van der Waals surface area contributed by atoms with Crippen LogP contribution in [0.4, 0.5) is 8.78 Å². The molecule has 0 saturated heterocycles. The second kappa shape index (κ2) is 5.44. The Labute approximate surface area is 101 Å². The third-order valence-electron chi connectivity index (χ3n) is 2.07. The van der Waals surface area contributed by atoms with Crippen molar-refractivity contribution in [1.82, 2.24) is 0 Å². The van der Waals surface area contributed by atoms with Crippen LogP contribution in [0.5, 0.6) is 11.5 Å². The summed E-state index contributed by atoms with van der Waals surface area (Å²) < 4.78 is 35.6. The lowest BCUT2D eigenvalue weighted by atomic mass is 10.1. The van der Waals surface area contributed by atoms with Crippen LogP contribution in [0.1, 0.15) is 17.3 Å². The second-order valence-corrected chi connectivity index (χ2v) is 3.15. The quantitative estimate of drug-likeness (QED) is 0.503. The topological polar surface area (TPSA) is 72.8 Å². The third kappa shape index (κ3) is 2.39. The van der Waals surface area contributed by atoms with E-state index in [4.69, 9.17) is 5.11 Å². The molecule has 0 unspecified atom stereocenters. The Hall–Kier alpha value is -2.18. The van der Waals surface area contributed by atoms with Gasteiger partial charge in [0.15, 0.2) is 17.3 Å². The molecular weight excluding hydrogens is 250 g/mol. The summed E-state index contributed by atoms with van der Waals surface area (Å²) in [5, 5.41) is 9.13. The first-order valence-electron chi connectivity index (χ1n) is 4.90. The molecule has 1 N–H and O–H groups in total. The minimum absolute atomic E-state index is 0.0729.